The first-order valence-electron chi connectivity index (χ1n) is 12.0. The van der Waals surface area contributed by atoms with E-state index in [0.29, 0.717) is 37.0 Å². The van der Waals surface area contributed by atoms with Crippen molar-refractivity contribution in [3.63, 3.8) is 0 Å². The number of carboxylic acid groups (broad SMARTS) is 1. The second-order valence-electron chi connectivity index (χ2n) is 10.5. The number of aromatic carboxylic acids is 1. The first kappa shape index (κ1) is 22.8. The highest BCUT2D eigenvalue weighted by molar-refractivity contribution is 5.87. The number of carbonyl (C=O) groups excluding carboxylic acids is 1. The van der Waals surface area contributed by atoms with Crippen LogP contribution >= 0.6 is 0 Å². The Balaban J connectivity index is 1.26. The van der Waals surface area contributed by atoms with Gasteiger partial charge >= 0.3 is 5.97 Å². The molecule has 0 aromatic heterocycles. The molecule has 3 unspecified atom stereocenters. The highest BCUT2D eigenvalue weighted by Crippen LogP contribution is 2.61. The number of nitrogens with one attached hydrogen (secondary N) is 1. The lowest BCUT2D eigenvalue weighted by Gasteiger charge is -2.59. The van der Waals surface area contributed by atoms with Crippen molar-refractivity contribution in [1.29, 1.82) is 0 Å². The van der Waals surface area contributed by atoms with E-state index < -0.39 is 23.1 Å². The third-order valence-electron chi connectivity index (χ3n) is 7.83. The summed E-state index contributed by atoms with van der Waals surface area (Å²) in [6.07, 6.45) is 5.03. The number of aliphatic hydroxyl groups is 1. The summed E-state index contributed by atoms with van der Waals surface area (Å²) in [5.74, 6) is 0.0137. The molecule has 4 saturated carbocycles. The number of amides is 1. The third-order valence-corrected chi connectivity index (χ3v) is 7.83. The third kappa shape index (κ3) is 4.53. The molecule has 180 valence electrons. The molecule has 34 heavy (non-hydrogen) atoms. The molecule has 2 aromatic carbocycles. The molecule has 0 heterocycles. The van der Waals surface area contributed by atoms with Crippen molar-refractivity contribution >= 4 is 11.9 Å². The molecule has 0 aliphatic heterocycles. The van der Waals surface area contributed by atoms with Gasteiger partial charge in [-0.25, -0.2) is 9.18 Å². The van der Waals surface area contributed by atoms with Crippen LogP contribution < -0.4 is 10.1 Å². The summed E-state index contributed by atoms with van der Waals surface area (Å²) in [7, 11) is 0. The van der Waals surface area contributed by atoms with Crippen LogP contribution in [0, 0.1) is 23.1 Å². The number of hydrogen-bond acceptors (Lipinski definition) is 4. The van der Waals surface area contributed by atoms with Crippen LogP contribution in [0.25, 0.3) is 0 Å². The minimum atomic E-state index is -1.02. The van der Waals surface area contributed by atoms with Crippen LogP contribution in [0.3, 0.4) is 0 Å². The highest BCUT2D eigenvalue weighted by Gasteiger charge is 2.60. The zero-order chi connectivity index (χ0) is 23.9. The molecule has 1 amide bonds. The van der Waals surface area contributed by atoms with Crippen LogP contribution in [0.1, 0.15) is 67.0 Å². The zero-order valence-corrected chi connectivity index (χ0v) is 19.0. The number of hydrogen-bond donors (Lipinski definition) is 3. The van der Waals surface area contributed by atoms with Crippen LogP contribution in [0.15, 0.2) is 48.5 Å². The number of ether oxygens (including phenoxy) is 1. The summed E-state index contributed by atoms with van der Waals surface area (Å²) in [5, 5.41) is 23.2. The fourth-order valence-electron chi connectivity index (χ4n) is 6.80. The monoisotopic (exact) mass is 467 g/mol. The van der Waals surface area contributed by atoms with Gasteiger partial charge < -0.3 is 20.3 Å². The number of rotatable bonds is 8. The first-order valence-corrected chi connectivity index (χ1v) is 12.0. The largest absolute Gasteiger partial charge is 0.486 e. The Hall–Kier alpha value is -2.93. The number of carboxylic acids is 1. The van der Waals surface area contributed by atoms with E-state index in [0.717, 1.165) is 37.7 Å². The molecule has 0 spiro atoms. The van der Waals surface area contributed by atoms with E-state index in [2.05, 4.69) is 5.32 Å². The van der Waals surface area contributed by atoms with E-state index in [1.165, 1.54) is 24.3 Å². The SMILES string of the molecule is O=C(O)c1ccc(OC(CCNC(=O)C23CC4CC(CC(O)(C4)C2)C3)c2ccc(F)cc2)cc1. The van der Waals surface area contributed by atoms with Crippen molar-refractivity contribution in [1.82, 2.24) is 5.32 Å². The molecular formula is C27H30FNO5. The molecule has 3 atom stereocenters. The van der Waals surface area contributed by atoms with Crippen molar-refractivity contribution < 1.29 is 28.9 Å². The Labute approximate surface area is 198 Å². The summed E-state index contributed by atoms with van der Waals surface area (Å²) in [5.41, 5.74) is -0.238. The van der Waals surface area contributed by atoms with Crippen LogP contribution in [0.4, 0.5) is 4.39 Å². The second kappa shape index (κ2) is 8.69. The van der Waals surface area contributed by atoms with Crippen LogP contribution in [0.5, 0.6) is 5.75 Å². The van der Waals surface area contributed by atoms with Crippen LogP contribution in [0.2, 0.25) is 0 Å². The van der Waals surface area contributed by atoms with Crippen LogP contribution in [-0.4, -0.2) is 34.2 Å². The maximum atomic E-state index is 13.5. The van der Waals surface area contributed by atoms with Gasteiger partial charge in [0.15, 0.2) is 0 Å². The van der Waals surface area contributed by atoms with E-state index in [4.69, 9.17) is 9.84 Å². The Morgan fingerprint density at radius 1 is 1.03 bits per heavy atom. The Morgan fingerprint density at radius 2 is 1.68 bits per heavy atom. The molecule has 0 saturated heterocycles. The fraction of sp³-hybridized carbons (Fsp3) is 0.481. The fourth-order valence-corrected chi connectivity index (χ4v) is 6.80. The molecule has 7 heteroatoms. The Morgan fingerprint density at radius 3 is 2.26 bits per heavy atom. The zero-order valence-electron chi connectivity index (χ0n) is 19.0. The van der Waals surface area contributed by atoms with Gasteiger partial charge in [0, 0.05) is 13.0 Å². The van der Waals surface area contributed by atoms with Gasteiger partial charge in [-0.1, -0.05) is 12.1 Å². The van der Waals surface area contributed by atoms with Gasteiger partial charge in [0.2, 0.25) is 5.91 Å². The van der Waals surface area contributed by atoms with Gasteiger partial charge in [0.25, 0.3) is 0 Å². The van der Waals surface area contributed by atoms with E-state index >= 15 is 0 Å². The average molecular weight is 468 g/mol. The molecule has 4 fully saturated rings. The van der Waals surface area contributed by atoms with Crippen molar-refractivity contribution in [3.05, 3.63) is 65.5 Å². The van der Waals surface area contributed by atoms with Gasteiger partial charge in [0.1, 0.15) is 17.7 Å². The number of benzene rings is 2. The molecule has 3 N–H and O–H groups in total. The van der Waals surface area contributed by atoms with E-state index in [9.17, 15) is 19.1 Å². The topological polar surface area (TPSA) is 95.9 Å². The molecule has 6 rings (SSSR count). The molecule has 4 aliphatic rings. The van der Waals surface area contributed by atoms with Gasteiger partial charge in [-0.3, -0.25) is 4.79 Å². The lowest BCUT2D eigenvalue weighted by molar-refractivity contribution is -0.178. The first-order chi connectivity index (χ1) is 16.2. The predicted octanol–water partition coefficient (Wildman–Crippen LogP) is 4.48. The van der Waals surface area contributed by atoms with Gasteiger partial charge in [-0.05, 0) is 92.3 Å². The van der Waals surface area contributed by atoms with Gasteiger partial charge in [-0.15, -0.1) is 0 Å². The molecule has 2 aromatic rings. The number of carbonyl (C=O) groups is 2. The smallest absolute Gasteiger partial charge is 0.335 e. The van der Waals surface area contributed by atoms with Crippen molar-refractivity contribution in [3.8, 4) is 5.75 Å². The second-order valence-corrected chi connectivity index (χ2v) is 10.5. The lowest BCUT2D eigenvalue weighted by Crippen LogP contribution is -2.60. The number of halogens is 1. The summed E-state index contributed by atoms with van der Waals surface area (Å²) in [6.45, 7) is 0.379. The summed E-state index contributed by atoms with van der Waals surface area (Å²) in [6, 6.07) is 12.2. The lowest BCUT2D eigenvalue weighted by atomic mass is 9.47. The van der Waals surface area contributed by atoms with E-state index in [-0.39, 0.29) is 17.3 Å². The van der Waals surface area contributed by atoms with Gasteiger partial charge in [-0.2, -0.15) is 0 Å². The Bertz CT molecular complexity index is 1050. The predicted molar refractivity (Wildman–Crippen MR) is 123 cm³/mol. The minimum absolute atomic E-state index is 0.0173. The molecule has 4 bridgehead atoms. The summed E-state index contributed by atoms with van der Waals surface area (Å²) < 4.78 is 19.6. The van der Waals surface area contributed by atoms with Gasteiger partial charge in [0.05, 0.1) is 16.6 Å². The minimum Gasteiger partial charge on any atom is -0.486 e. The molecule has 4 aliphatic carbocycles. The maximum Gasteiger partial charge on any atom is 0.335 e. The quantitative estimate of drug-likeness (QED) is 0.532. The molecule has 0 radical (unpaired) electrons. The maximum absolute atomic E-state index is 13.5. The Kier molecular flexibility index (Phi) is 5.84. The van der Waals surface area contributed by atoms with E-state index in [1.807, 2.05) is 0 Å². The average Bonchev–Trinajstić information content (AvgIpc) is 2.77. The van der Waals surface area contributed by atoms with Crippen LogP contribution in [-0.2, 0) is 4.79 Å². The standard InChI is InChI=1S/C27H30FNO5/c28-21-5-1-19(2-6-21)23(34-22-7-3-20(4-8-22)24(30)31)9-10-29-25(32)26-12-17-11-18(13-26)15-27(33,14-17)16-26/h1-8,17-18,23,33H,9-16H2,(H,29,32)(H,30,31). The molecule has 6 nitrogen and oxygen atoms in total. The summed E-state index contributed by atoms with van der Waals surface area (Å²) in [4.78, 5) is 24.4. The van der Waals surface area contributed by atoms with Crippen molar-refractivity contribution in [2.75, 3.05) is 6.54 Å². The normalized spacial score (nSPS) is 30.1. The molecular weight excluding hydrogens is 437 g/mol. The highest BCUT2D eigenvalue weighted by atomic mass is 19.1. The van der Waals surface area contributed by atoms with Crippen molar-refractivity contribution in [2.45, 2.75) is 56.7 Å². The van der Waals surface area contributed by atoms with Crippen molar-refractivity contribution in [2.24, 2.45) is 17.3 Å². The summed E-state index contributed by atoms with van der Waals surface area (Å²) >= 11 is 0. The van der Waals surface area contributed by atoms with E-state index in [1.54, 1.807) is 24.3 Å².